The van der Waals surface area contributed by atoms with Crippen molar-refractivity contribution in [2.75, 3.05) is 12.3 Å². The number of carbonyl (C=O) groups is 1. The lowest BCUT2D eigenvalue weighted by Crippen LogP contribution is -2.38. The first-order valence-electron chi connectivity index (χ1n) is 8.11. The van der Waals surface area contributed by atoms with Crippen LogP contribution < -0.4 is 11.5 Å². The van der Waals surface area contributed by atoms with Crippen LogP contribution in [0.15, 0.2) is 0 Å². The number of hydrogen-bond acceptors (Lipinski definition) is 3. The van der Waals surface area contributed by atoms with Crippen molar-refractivity contribution in [3.8, 4) is 0 Å². The molecule has 128 valence electrons. The lowest BCUT2D eigenvalue weighted by molar-refractivity contribution is 0.137. The highest BCUT2D eigenvalue weighted by molar-refractivity contribution is 7.77. The standard InChI is InChI=1S/C14H34N2P.CH2O3/c1-5-9-11-17(12-10-6-2,13(15)7-3)14(16)8-4;2-1(3)4/h13-14H,5-12,15-16H2,1-4H3;(H2,2,3,4)/q+1;. The van der Waals surface area contributed by atoms with Crippen molar-refractivity contribution < 1.29 is 15.0 Å². The highest BCUT2D eigenvalue weighted by Gasteiger charge is 2.46. The van der Waals surface area contributed by atoms with Gasteiger partial charge in [-0.25, -0.2) is 4.79 Å². The highest BCUT2D eigenvalue weighted by atomic mass is 31.2. The number of carboxylic acid groups (broad SMARTS) is 2. The van der Waals surface area contributed by atoms with Crippen molar-refractivity contribution in [2.45, 2.75) is 77.8 Å². The van der Waals surface area contributed by atoms with Crippen LogP contribution >= 0.6 is 7.26 Å². The summed E-state index contributed by atoms with van der Waals surface area (Å²) in [7, 11) is -1.16. The van der Waals surface area contributed by atoms with E-state index in [1.165, 1.54) is 38.0 Å². The molecule has 2 unspecified atom stereocenters. The van der Waals surface area contributed by atoms with Gasteiger partial charge >= 0.3 is 6.16 Å². The fourth-order valence-electron chi connectivity index (χ4n) is 2.65. The Labute approximate surface area is 130 Å². The highest BCUT2D eigenvalue weighted by Crippen LogP contribution is 2.66. The van der Waals surface area contributed by atoms with Gasteiger partial charge in [0.1, 0.15) is 11.6 Å². The first-order chi connectivity index (χ1) is 9.82. The van der Waals surface area contributed by atoms with Crippen LogP contribution in [0.4, 0.5) is 4.79 Å². The molecule has 6 N–H and O–H groups in total. The molecule has 0 bridgehead atoms. The van der Waals surface area contributed by atoms with Crippen molar-refractivity contribution in [3.05, 3.63) is 0 Å². The summed E-state index contributed by atoms with van der Waals surface area (Å²) in [5, 5.41) is 13.9. The van der Waals surface area contributed by atoms with Crippen molar-refractivity contribution >= 4 is 13.4 Å². The molecule has 0 aromatic carbocycles. The van der Waals surface area contributed by atoms with Crippen LogP contribution in [-0.2, 0) is 0 Å². The summed E-state index contributed by atoms with van der Waals surface area (Å²) in [5.74, 6) is 0.742. The Bertz CT molecular complexity index is 241. The van der Waals surface area contributed by atoms with Gasteiger partial charge < -0.3 is 10.2 Å². The van der Waals surface area contributed by atoms with Crippen molar-refractivity contribution in [1.82, 2.24) is 0 Å². The molecule has 0 fully saturated rings. The van der Waals surface area contributed by atoms with Crippen LogP contribution in [0, 0.1) is 0 Å². The summed E-state index contributed by atoms with van der Waals surface area (Å²) in [6.07, 6.45) is 8.12. The third kappa shape index (κ3) is 9.28. The van der Waals surface area contributed by atoms with E-state index in [1.807, 2.05) is 0 Å². The molecule has 0 rings (SSSR count). The van der Waals surface area contributed by atoms with Gasteiger partial charge in [0.2, 0.25) is 0 Å². The Morgan fingerprint density at radius 1 is 0.905 bits per heavy atom. The molecule has 0 aliphatic carbocycles. The van der Waals surface area contributed by atoms with E-state index < -0.39 is 13.4 Å². The maximum absolute atomic E-state index is 8.56. The molecular formula is C15H36N2O3P+. The van der Waals surface area contributed by atoms with Gasteiger partial charge in [0.25, 0.3) is 0 Å². The molecule has 0 saturated carbocycles. The molecule has 0 amide bonds. The Hall–Kier alpha value is -0.380. The van der Waals surface area contributed by atoms with E-state index in [-0.39, 0.29) is 0 Å². The zero-order valence-electron chi connectivity index (χ0n) is 14.2. The van der Waals surface area contributed by atoms with E-state index in [0.717, 1.165) is 12.8 Å². The van der Waals surface area contributed by atoms with Gasteiger partial charge in [0.05, 0.1) is 12.3 Å². The van der Waals surface area contributed by atoms with Gasteiger partial charge in [-0.15, -0.1) is 0 Å². The van der Waals surface area contributed by atoms with E-state index in [0.29, 0.717) is 11.6 Å². The molecule has 5 nitrogen and oxygen atoms in total. The molecule has 0 radical (unpaired) electrons. The van der Waals surface area contributed by atoms with Crippen LogP contribution in [0.5, 0.6) is 0 Å². The summed E-state index contributed by atoms with van der Waals surface area (Å²) >= 11 is 0. The van der Waals surface area contributed by atoms with Gasteiger partial charge in [-0.1, -0.05) is 40.5 Å². The molecule has 0 saturated heterocycles. The molecule has 0 spiro atoms. The molecule has 0 aliphatic rings. The average Bonchev–Trinajstić information content (AvgIpc) is 2.45. The molecule has 2 atom stereocenters. The van der Waals surface area contributed by atoms with E-state index in [9.17, 15) is 0 Å². The quantitative estimate of drug-likeness (QED) is 0.450. The van der Waals surface area contributed by atoms with Crippen LogP contribution in [0.2, 0.25) is 0 Å². The normalized spacial score (nSPS) is 14.0. The maximum Gasteiger partial charge on any atom is 0.503 e. The lowest BCUT2D eigenvalue weighted by Gasteiger charge is -2.36. The fourth-order valence-corrected chi connectivity index (χ4v) is 7.96. The summed E-state index contributed by atoms with van der Waals surface area (Å²) in [4.78, 5) is 8.56. The zero-order chi connectivity index (χ0) is 16.9. The second-order valence-corrected chi connectivity index (χ2v) is 9.92. The Morgan fingerprint density at radius 2 is 1.19 bits per heavy atom. The lowest BCUT2D eigenvalue weighted by atomic mass is 10.4. The molecule has 0 aliphatic heterocycles. The van der Waals surface area contributed by atoms with Crippen LogP contribution in [0.1, 0.15) is 66.2 Å². The van der Waals surface area contributed by atoms with Gasteiger partial charge in [-0.05, 0) is 25.7 Å². The summed E-state index contributed by atoms with van der Waals surface area (Å²) in [6.45, 7) is 8.98. The molecule has 0 aromatic rings. The predicted octanol–water partition coefficient (Wildman–Crippen LogP) is 4.22. The third-order valence-corrected chi connectivity index (χ3v) is 9.68. The minimum Gasteiger partial charge on any atom is -0.450 e. The fraction of sp³-hybridized carbons (Fsp3) is 0.933. The largest absolute Gasteiger partial charge is 0.503 e. The molecule has 6 heteroatoms. The third-order valence-electron chi connectivity index (χ3n) is 4.01. The first kappa shape index (κ1) is 22.9. The number of nitrogens with two attached hydrogens (primary N) is 2. The summed E-state index contributed by atoms with van der Waals surface area (Å²) in [5.41, 5.74) is 13.0. The smallest absolute Gasteiger partial charge is 0.450 e. The van der Waals surface area contributed by atoms with E-state index in [1.54, 1.807) is 0 Å². The van der Waals surface area contributed by atoms with Crippen LogP contribution in [0.3, 0.4) is 0 Å². The minimum absolute atomic E-state index is 0.371. The second-order valence-electron chi connectivity index (χ2n) is 5.49. The van der Waals surface area contributed by atoms with Crippen molar-refractivity contribution in [3.63, 3.8) is 0 Å². The maximum atomic E-state index is 8.56. The van der Waals surface area contributed by atoms with E-state index >= 15 is 0 Å². The zero-order valence-corrected chi connectivity index (χ0v) is 15.1. The Morgan fingerprint density at radius 3 is 1.38 bits per heavy atom. The van der Waals surface area contributed by atoms with E-state index in [4.69, 9.17) is 26.5 Å². The number of hydrogen-bond donors (Lipinski definition) is 4. The SMILES string of the molecule is CCCC[P+](CCCC)(C(N)CC)C(N)CC.O=C(O)O. The van der Waals surface area contributed by atoms with Crippen LogP contribution in [0.25, 0.3) is 0 Å². The Kier molecular flexibility index (Phi) is 14.5. The summed E-state index contributed by atoms with van der Waals surface area (Å²) in [6, 6.07) is 0. The topological polar surface area (TPSA) is 110 Å². The van der Waals surface area contributed by atoms with Gasteiger partial charge in [-0.2, -0.15) is 0 Å². The van der Waals surface area contributed by atoms with Crippen LogP contribution in [-0.4, -0.2) is 40.3 Å². The Balaban J connectivity index is 0. The monoisotopic (exact) mass is 323 g/mol. The molecule has 0 aromatic heterocycles. The predicted molar refractivity (Wildman–Crippen MR) is 93.7 cm³/mol. The molecule has 0 heterocycles. The number of unbranched alkanes of at least 4 members (excludes halogenated alkanes) is 2. The first-order valence-corrected chi connectivity index (χ1v) is 10.4. The van der Waals surface area contributed by atoms with Gasteiger partial charge in [0, 0.05) is 7.26 Å². The minimum atomic E-state index is -1.83. The average molecular weight is 323 g/mol. The van der Waals surface area contributed by atoms with E-state index in [2.05, 4.69) is 27.7 Å². The second kappa shape index (κ2) is 13.3. The number of rotatable bonds is 10. The van der Waals surface area contributed by atoms with Gasteiger partial charge in [0.15, 0.2) is 0 Å². The van der Waals surface area contributed by atoms with Gasteiger partial charge in [-0.3, -0.25) is 11.5 Å². The molecular weight excluding hydrogens is 287 g/mol. The van der Waals surface area contributed by atoms with Crippen molar-refractivity contribution in [2.24, 2.45) is 11.5 Å². The molecule has 21 heavy (non-hydrogen) atoms. The summed E-state index contributed by atoms with van der Waals surface area (Å²) < 4.78 is 0. The van der Waals surface area contributed by atoms with Crippen molar-refractivity contribution in [1.29, 1.82) is 0 Å².